The van der Waals surface area contributed by atoms with Crippen LogP contribution in [-0.2, 0) is 5.41 Å². The van der Waals surface area contributed by atoms with Crippen LogP contribution in [0.2, 0.25) is 0 Å². The summed E-state index contributed by atoms with van der Waals surface area (Å²) in [5, 5.41) is 11.9. The zero-order valence-electron chi connectivity index (χ0n) is 12.2. The molecule has 1 N–H and O–H groups in total. The largest absolute Gasteiger partial charge is 1.00 e. The van der Waals surface area contributed by atoms with Gasteiger partial charge in [-0.15, -0.1) is 0 Å². The van der Waals surface area contributed by atoms with E-state index >= 15 is 0 Å². The van der Waals surface area contributed by atoms with Crippen molar-refractivity contribution in [3.63, 3.8) is 0 Å². The third-order valence-corrected chi connectivity index (χ3v) is 4.46. The molecule has 3 heteroatoms. The average Bonchev–Trinajstić information content (AvgIpc) is 2.60. The highest BCUT2D eigenvalue weighted by Gasteiger charge is 2.43. The minimum absolute atomic E-state index is 0. The van der Waals surface area contributed by atoms with Gasteiger partial charge in [-0.25, -0.2) is 0 Å². The van der Waals surface area contributed by atoms with E-state index in [0.717, 1.165) is 0 Å². The number of aliphatic hydroxyl groups is 1. The van der Waals surface area contributed by atoms with Crippen LogP contribution >= 0.6 is 0 Å². The summed E-state index contributed by atoms with van der Waals surface area (Å²) in [5.41, 5.74) is 3.96. The molecule has 20 heavy (non-hydrogen) atoms. The molecule has 1 heterocycles. The van der Waals surface area contributed by atoms with Crippen molar-refractivity contribution in [2.24, 2.45) is 0 Å². The van der Waals surface area contributed by atoms with E-state index in [9.17, 15) is 5.11 Å². The van der Waals surface area contributed by atoms with E-state index in [2.05, 4.69) is 61.7 Å². The van der Waals surface area contributed by atoms with Crippen molar-refractivity contribution in [2.75, 3.05) is 13.2 Å². The summed E-state index contributed by atoms with van der Waals surface area (Å²) < 4.78 is 2.25. The topological polar surface area (TPSA) is 23.2 Å². The van der Waals surface area contributed by atoms with Crippen LogP contribution in [0.1, 0.15) is 26.3 Å². The van der Waals surface area contributed by atoms with E-state index in [0.29, 0.717) is 6.54 Å². The van der Waals surface area contributed by atoms with Crippen molar-refractivity contribution in [3.8, 4) is 0 Å². The van der Waals surface area contributed by atoms with Crippen molar-refractivity contribution in [1.82, 2.24) is 0 Å². The summed E-state index contributed by atoms with van der Waals surface area (Å²) >= 11 is 0. The Morgan fingerprint density at radius 1 is 1.10 bits per heavy atom. The third-order valence-electron chi connectivity index (χ3n) is 4.46. The molecule has 106 valence electrons. The minimum Gasteiger partial charge on any atom is -1.00 e. The molecule has 0 unspecified atom stereocenters. The van der Waals surface area contributed by atoms with Gasteiger partial charge in [0.1, 0.15) is 6.61 Å². The second kappa shape index (κ2) is 5.30. The van der Waals surface area contributed by atoms with Gasteiger partial charge >= 0.3 is 0 Å². The van der Waals surface area contributed by atoms with Gasteiger partial charge in [0.25, 0.3) is 0 Å². The molecule has 0 radical (unpaired) electrons. The molecular weight excluding hydrogens is 314 g/mol. The molecular formula is C17H20BrNO. The monoisotopic (exact) mass is 333 g/mol. The van der Waals surface area contributed by atoms with E-state index in [-0.39, 0.29) is 29.0 Å². The van der Waals surface area contributed by atoms with Crippen LogP contribution in [0.15, 0.2) is 36.4 Å². The lowest BCUT2D eigenvalue weighted by molar-refractivity contribution is -0.442. The Hall–Kier alpha value is -1.19. The zero-order chi connectivity index (χ0) is 13.6. The summed E-state index contributed by atoms with van der Waals surface area (Å²) in [6.45, 7) is 7.56. The van der Waals surface area contributed by atoms with Crippen molar-refractivity contribution < 1.29 is 26.7 Å². The predicted octanol–water partition coefficient (Wildman–Crippen LogP) is 0.232. The molecule has 1 aliphatic heterocycles. The van der Waals surface area contributed by atoms with Crippen LogP contribution in [0.4, 0.5) is 5.69 Å². The number of nitrogens with zero attached hydrogens (tertiary/aromatic N) is 1. The van der Waals surface area contributed by atoms with Crippen LogP contribution in [0.5, 0.6) is 0 Å². The molecule has 3 rings (SSSR count). The Labute approximate surface area is 130 Å². The zero-order valence-corrected chi connectivity index (χ0v) is 13.7. The second-order valence-electron chi connectivity index (χ2n) is 5.77. The molecule has 2 aromatic rings. The van der Waals surface area contributed by atoms with Gasteiger partial charge in [-0.3, -0.25) is 0 Å². The van der Waals surface area contributed by atoms with Crippen molar-refractivity contribution in [2.45, 2.75) is 26.2 Å². The molecule has 0 fully saturated rings. The molecule has 0 amide bonds. The Morgan fingerprint density at radius 3 is 2.50 bits per heavy atom. The highest BCUT2D eigenvalue weighted by molar-refractivity contribution is 6.01. The molecule has 0 saturated heterocycles. The molecule has 1 aliphatic rings. The Balaban J connectivity index is 0.00000147. The van der Waals surface area contributed by atoms with Crippen LogP contribution < -0.4 is 17.0 Å². The molecule has 2 nitrogen and oxygen atoms in total. The number of rotatable bonds is 2. The molecule has 2 aromatic carbocycles. The maximum Gasteiger partial charge on any atom is 0.210 e. The maximum absolute atomic E-state index is 9.30. The molecule has 0 aliphatic carbocycles. The van der Waals surface area contributed by atoms with Gasteiger partial charge in [-0.05, 0) is 30.7 Å². The highest BCUT2D eigenvalue weighted by atomic mass is 79.9. The predicted molar refractivity (Wildman–Crippen MR) is 79.5 cm³/mol. The Morgan fingerprint density at radius 2 is 1.80 bits per heavy atom. The average molecular weight is 334 g/mol. The first kappa shape index (κ1) is 15.2. The number of hydrogen-bond acceptors (Lipinski definition) is 1. The van der Waals surface area contributed by atoms with E-state index in [1.54, 1.807) is 0 Å². The second-order valence-corrected chi connectivity index (χ2v) is 5.77. The molecule has 0 atom stereocenters. The lowest BCUT2D eigenvalue weighted by Crippen LogP contribution is -3.00. The van der Waals surface area contributed by atoms with E-state index < -0.39 is 0 Å². The fraction of sp³-hybridized carbons (Fsp3) is 0.353. The van der Waals surface area contributed by atoms with Gasteiger partial charge in [0.05, 0.1) is 5.41 Å². The lowest BCUT2D eigenvalue weighted by Gasteiger charge is -2.17. The summed E-state index contributed by atoms with van der Waals surface area (Å²) in [4.78, 5) is 0. The first-order chi connectivity index (χ1) is 9.07. The number of hydrogen-bond donors (Lipinski definition) is 1. The SMILES string of the molecule is CC1=[N+](CCO)c2ccc3ccccc3c2C1(C)C.[Br-]. The summed E-state index contributed by atoms with van der Waals surface area (Å²) in [6, 6.07) is 12.9. The first-order valence-corrected chi connectivity index (χ1v) is 6.82. The van der Waals surface area contributed by atoms with Gasteiger partial charge in [0.15, 0.2) is 12.3 Å². The van der Waals surface area contributed by atoms with Crippen molar-refractivity contribution in [3.05, 3.63) is 42.0 Å². The standard InChI is InChI=1S/C17H20NO.BrH/c1-12-17(2,3)16-14-7-5-4-6-13(14)8-9-15(16)18(12)10-11-19;/h4-9,19H,10-11H2,1-3H3;1H/q+1;/p-1. The Bertz CT molecular complexity index is 688. The van der Waals surface area contributed by atoms with Crippen molar-refractivity contribution >= 4 is 22.2 Å². The lowest BCUT2D eigenvalue weighted by atomic mass is 9.80. The van der Waals surface area contributed by atoms with Gasteiger partial charge in [-0.2, -0.15) is 4.58 Å². The van der Waals surface area contributed by atoms with Crippen LogP contribution in [0.3, 0.4) is 0 Å². The normalized spacial score (nSPS) is 16.2. The smallest absolute Gasteiger partial charge is 0.210 e. The number of aliphatic hydroxyl groups excluding tert-OH is 1. The van der Waals surface area contributed by atoms with Crippen LogP contribution in [0, 0.1) is 0 Å². The fourth-order valence-electron chi connectivity index (χ4n) is 3.23. The van der Waals surface area contributed by atoms with Gasteiger partial charge in [0, 0.05) is 18.6 Å². The summed E-state index contributed by atoms with van der Waals surface area (Å²) in [7, 11) is 0. The number of halogens is 1. The first-order valence-electron chi connectivity index (χ1n) is 6.82. The molecule has 0 bridgehead atoms. The van der Waals surface area contributed by atoms with E-state index in [4.69, 9.17) is 0 Å². The van der Waals surface area contributed by atoms with Crippen LogP contribution in [-0.4, -0.2) is 28.5 Å². The minimum atomic E-state index is 0. The quantitative estimate of drug-likeness (QED) is 0.781. The number of fused-ring (bicyclic) bond motifs is 3. The van der Waals surface area contributed by atoms with Gasteiger partial charge in [-0.1, -0.05) is 24.3 Å². The van der Waals surface area contributed by atoms with Crippen molar-refractivity contribution in [1.29, 1.82) is 0 Å². The molecule has 0 saturated carbocycles. The van der Waals surface area contributed by atoms with E-state index in [1.165, 1.54) is 27.7 Å². The van der Waals surface area contributed by atoms with E-state index in [1.807, 2.05) is 0 Å². The van der Waals surface area contributed by atoms with Crippen LogP contribution in [0.25, 0.3) is 10.8 Å². The Kier molecular flexibility index (Phi) is 4.03. The molecule has 0 spiro atoms. The molecule has 0 aromatic heterocycles. The number of benzene rings is 2. The summed E-state index contributed by atoms with van der Waals surface area (Å²) in [5.74, 6) is 0. The maximum atomic E-state index is 9.30. The van der Waals surface area contributed by atoms with Gasteiger partial charge in [0.2, 0.25) is 5.69 Å². The summed E-state index contributed by atoms with van der Waals surface area (Å²) in [6.07, 6.45) is 0. The highest BCUT2D eigenvalue weighted by Crippen LogP contribution is 2.43. The number of β-amino-alcohol motifs (C(OH)–C–C–N with tert-alkyl or cyclic N) is 1. The van der Waals surface area contributed by atoms with Gasteiger partial charge < -0.3 is 22.1 Å². The third kappa shape index (κ3) is 2.00. The fourth-order valence-corrected chi connectivity index (χ4v) is 3.23.